The predicted molar refractivity (Wildman–Crippen MR) is 108 cm³/mol. The van der Waals surface area contributed by atoms with Gasteiger partial charge in [0.15, 0.2) is 28.8 Å². The number of hydrogen-bond acceptors (Lipinski definition) is 8. The number of ether oxygens (including phenoxy) is 1. The highest BCUT2D eigenvalue weighted by Gasteiger charge is 2.46. The number of anilines is 1. The summed E-state index contributed by atoms with van der Waals surface area (Å²) in [6, 6.07) is 8.01. The third-order valence-electron chi connectivity index (χ3n) is 4.88. The van der Waals surface area contributed by atoms with Crippen LogP contribution in [0.25, 0.3) is 0 Å². The van der Waals surface area contributed by atoms with E-state index in [4.69, 9.17) is 13.7 Å². The number of aryl methyl sites for hydroxylation is 2. The second kappa shape index (κ2) is 7.67. The number of aliphatic hydroxyl groups is 1. The number of hydrogen-bond donors (Lipinski definition) is 2. The van der Waals surface area contributed by atoms with E-state index >= 15 is 0 Å². The molecule has 0 spiro atoms. The molecule has 31 heavy (non-hydrogen) atoms. The molecule has 1 aliphatic heterocycles. The van der Waals surface area contributed by atoms with E-state index in [1.54, 1.807) is 26.8 Å². The zero-order valence-corrected chi connectivity index (χ0v) is 17.1. The Hall–Kier alpha value is -4.01. The number of ketones is 1. The van der Waals surface area contributed by atoms with Gasteiger partial charge >= 0.3 is 0 Å². The number of phenols is 1. The number of aliphatic hydroxyl groups excluding tert-OH is 1. The fourth-order valence-electron chi connectivity index (χ4n) is 3.52. The Morgan fingerprint density at radius 1 is 1.16 bits per heavy atom. The van der Waals surface area contributed by atoms with Crippen LogP contribution in [0.5, 0.6) is 11.5 Å². The van der Waals surface area contributed by atoms with Gasteiger partial charge in [0.2, 0.25) is 5.78 Å². The van der Waals surface area contributed by atoms with Crippen molar-refractivity contribution in [2.45, 2.75) is 26.8 Å². The average Bonchev–Trinajstić information content (AvgIpc) is 3.42. The quantitative estimate of drug-likeness (QED) is 0.573. The molecule has 2 N–H and O–H groups in total. The lowest BCUT2D eigenvalue weighted by Gasteiger charge is -2.24. The minimum absolute atomic E-state index is 0.0150. The summed E-state index contributed by atoms with van der Waals surface area (Å²) in [7, 11) is 0. The summed E-state index contributed by atoms with van der Waals surface area (Å²) in [5.74, 6) is -1.01. The van der Waals surface area contributed by atoms with Crippen molar-refractivity contribution in [3.05, 3.63) is 70.6 Å². The minimum Gasteiger partial charge on any atom is -0.504 e. The summed E-state index contributed by atoms with van der Waals surface area (Å²) < 4.78 is 16.0. The topological polar surface area (TPSA) is 126 Å². The van der Waals surface area contributed by atoms with Crippen molar-refractivity contribution in [2.24, 2.45) is 0 Å². The molecule has 1 amide bonds. The van der Waals surface area contributed by atoms with Gasteiger partial charge < -0.3 is 23.9 Å². The van der Waals surface area contributed by atoms with Gasteiger partial charge in [-0.15, -0.1) is 0 Å². The van der Waals surface area contributed by atoms with E-state index < -0.39 is 23.5 Å². The molecular weight excluding hydrogens is 404 g/mol. The molecule has 0 fully saturated rings. The van der Waals surface area contributed by atoms with Crippen molar-refractivity contribution in [3.63, 3.8) is 0 Å². The molecule has 0 unspecified atom stereocenters. The molecule has 1 atom stereocenters. The number of aromatic nitrogens is 1. The first-order valence-electron chi connectivity index (χ1n) is 9.58. The highest BCUT2D eigenvalue weighted by atomic mass is 16.5. The molecule has 2 aromatic heterocycles. The van der Waals surface area contributed by atoms with Crippen LogP contribution in [-0.4, -0.2) is 33.7 Å². The second-order valence-electron chi connectivity index (χ2n) is 7.04. The number of Topliss-reactive ketones (excluding diaryl/α,β-unsaturated/α-hetero) is 1. The van der Waals surface area contributed by atoms with Crippen molar-refractivity contribution in [3.8, 4) is 11.5 Å². The van der Waals surface area contributed by atoms with Crippen LogP contribution in [0.15, 0.2) is 56.7 Å². The Kier molecular flexibility index (Phi) is 5.02. The molecule has 1 aliphatic rings. The zero-order chi connectivity index (χ0) is 22.3. The summed E-state index contributed by atoms with van der Waals surface area (Å²) in [6.45, 7) is 5.40. The van der Waals surface area contributed by atoms with E-state index in [1.165, 1.54) is 30.3 Å². The van der Waals surface area contributed by atoms with E-state index in [-0.39, 0.29) is 28.7 Å². The van der Waals surface area contributed by atoms with Crippen LogP contribution in [0.2, 0.25) is 0 Å². The monoisotopic (exact) mass is 424 g/mol. The third kappa shape index (κ3) is 3.43. The first-order chi connectivity index (χ1) is 14.8. The fourth-order valence-corrected chi connectivity index (χ4v) is 3.52. The number of benzene rings is 1. The van der Waals surface area contributed by atoms with E-state index in [1.807, 2.05) is 0 Å². The van der Waals surface area contributed by atoms with Crippen molar-refractivity contribution in [2.75, 3.05) is 11.5 Å². The standard InChI is InChI=1S/C22H20N2O7/c1-4-29-16-10-13(6-7-14(16)25)19-18(20(26)15-8-5-11(2)30-15)21(27)22(28)24(19)17-9-12(3)31-23-17/h5-10,19,25,27H,4H2,1-3H3/t19-/m1/s1. The largest absolute Gasteiger partial charge is 0.504 e. The molecule has 1 aromatic carbocycles. The molecule has 9 nitrogen and oxygen atoms in total. The molecule has 0 bridgehead atoms. The molecule has 0 radical (unpaired) electrons. The second-order valence-corrected chi connectivity index (χ2v) is 7.04. The summed E-state index contributed by atoms with van der Waals surface area (Å²) in [5.41, 5.74) is 0.249. The number of amides is 1. The Balaban J connectivity index is 1.89. The van der Waals surface area contributed by atoms with Crippen LogP contribution >= 0.6 is 0 Å². The van der Waals surface area contributed by atoms with Gasteiger partial charge in [-0.3, -0.25) is 14.5 Å². The smallest absolute Gasteiger partial charge is 0.295 e. The van der Waals surface area contributed by atoms with Crippen LogP contribution < -0.4 is 9.64 Å². The number of phenolic OH excluding ortho intramolecular Hbond substituents is 1. The molecule has 4 rings (SSSR count). The first kappa shape index (κ1) is 20.3. The van der Waals surface area contributed by atoms with Crippen molar-refractivity contribution < 1.29 is 33.5 Å². The van der Waals surface area contributed by atoms with E-state index in [0.29, 0.717) is 23.7 Å². The highest BCUT2D eigenvalue weighted by Crippen LogP contribution is 2.43. The number of nitrogens with zero attached hydrogens (tertiary/aromatic N) is 2. The lowest BCUT2D eigenvalue weighted by Crippen LogP contribution is -2.31. The zero-order valence-electron chi connectivity index (χ0n) is 17.1. The van der Waals surface area contributed by atoms with Crippen LogP contribution in [0.1, 0.15) is 40.6 Å². The molecule has 160 valence electrons. The summed E-state index contributed by atoms with van der Waals surface area (Å²) in [5, 5.41) is 24.6. The molecular formula is C22H20N2O7. The lowest BCUT2D eigenvalue weighted by atomic mass is 9.94. The summed E-state index contributed by atoms with van der Waals surface area (Å²) >= 11 is 0. The number of aromatic hydroxyl groups is 1. The number of carbonyl (C=O) groups is 2. The van der Waals surface area contributed by atoms with Gasteiger partial charge in [0.1, 0.15) is 11.5 Å². The van der Waals surface area contributed by atoms with Crippen LogP contribution in [0.4, 0.5) is 5.82 Å². The van der Waals surface area contributed by atoms with Gasteiger partial charge in [-0.2, -0.15) is 0 Å². The van der Waals surface area contributed by atoms with E-state index in [2.05, 4.69) is 5.16 Å². The maximum absolute atomic E-state index is 13.2. The molecule has 0 saturated heterocycles. The Bertz CT molecular complexity index is 1200. The van der Waals surface area contributed by atoms with Gasteiger partial charge in [-0.1, -0.05) is 11.2 Å². The van der Waals surface area contributed by atoms with Crippen molar-refractivity contribution in [1.82, 2.24) is 5.16 Å². The minimum atomic E-state index is -1.05. The summed E-state index contributed by atoms with van der Waals surface area (Å²) in [6.07, 6.45) is 0. The Labute approximate surface area is 177 Å². The van der Waals surface area contributed by atoms with Crippen LogP contribution in [-0.2, 0) is 4.79 Å². The van der Waals surface area contributed by atoms with Crippen molar-refractivity contribution >= 4 is 17.5 Å². The van der Waals surface area contributed by atoms with Gasteiger partial charge in [-0.25, -0.2) is 0 Å². The number of rotatable bonds is 6. The predicted octanol–water partition coefficient (Wildman–Crippen LogP) is 3.77. The number of furan rings is 1. The normalized spacial score (nSPS) is 16.3. The molecule has 0 saturated carbocycles. The SMILES string of the molecule is CCOc1cc([C@@H]2C(C(=O)c3ccc(C)o3)=C(O)C(=O)N2c2cc(C)on2)ccc1O. The molecule has 0 aliphatic carbocycles. The van der Waals surface area contributed by atoms with Gasteiger partial charge in [0.05, 0.1) is 18.2 Å². The van der Waals surface area contributed by atoms with Crippen LogP contribution in [0, 0.1) is 13.8 Å². The Morgan fingerprint density at radius 3 is 2.55 bits per heavy atom. The molecule has 9 heteroatoms. The third-order valence-corrected chi connectivity index (χ3v) is 4.88. The van der Waals surface area contributed by atoms with Gasteiger partial charge in [0, 0.05) is 6.07 Å². The maximum Gasteiger partial charge on any atom is 0.295 e. The van der Waals surface area contributed by atoms with Crippen LogP contribution in [0.3, 0.4) is 0 Å². The van der Waals surface area contributed by atoms with E-state index in [0.717, 1.165) is 4.90 Å². The van der Waals surface area contributed by atoms with Gasteiger partial charge in [-0.05, 0) is 50.6 Å². The average molecular weight is 424 g/mol. The Morgan fingerprint density at radius 2 is 1.94 bits per heavy atom. The van der Waals surface area contributed by atoms with Crippen molar-refractivity contribution in [1.29, 1.82) is 0 Å². The molecule has 3 heterocycles. The number of carbonyl (C=O) groups excluding carboxylic acids is 2. The highest BCUT2D eigenvalue weighted by molar-refractivity contribution is 6.20. The van der Waals surface area contributed by atoms with E-state index in [9.17, 15) is 19.8 Å². The first-order valence-corrected chi connectivity index (χ1v) is 9.58. The summed E-state index contributed by atoms with van der Waals surface area (Å²) in [4.78, 5) is 27.4. The maximum atomic E-state index is 13.2. The van der Waals surface area contributed by atoms with Gasteiger partial charge in [0.25, 0.3) is 5.91 Å². The lowest BCUT2D eigenvalue weighted by molar-refractivity contribution is -0.117. The molecule has 3 aromatic rings. The fraction of sp³-hybridized carbons (Fsp3) is 0.227.